The normalized spacial score (nSPS) is 23.4. The van der Waals surface area contributed by atoms with E-state index >= 15 is 0 Å². The summed E-state index contributed by atoms with van der Waals surface area (Å²) in [6, 6.07) is 5.24. The first kappa shape index (κ1) is 16.4. The third kappa shape index (κ3) is 4.48. The molecule has 0 amide bonds. The molecule has 2 nitrogen and oxygen atoms in total. The average molecular weight is 296 g/mol. The SMILES string of the molecule is CCCC1CN(Cc2ccc(F)c(F)c2)C(CCC)CN1. The molecule has 1 aliphatic rings. The van der Waals surface area contributed by atoms with E-state index in [2.05, 4.69) is 24.1 Å². The molecule has 21 heavy (non-hydrogen) atoms. The van der Waals surface area contributed by atoms with Crippen LogP contribution in [0.3, 0.4) is 0 Å². The summed E-state index contributed by atoms with van der Waals surface area (Å²) in [6.45, 7) is 7.05. The number of piperazine rings is 1. The van der Waals surface area contributed by atoms with Crippen LogP contribution in [-0.2, 0) is 6.54 Å². The molecule has 1 fully saturated rings. The maximum atomic E-state index is 13.4. The number of nitrogens with zero attached hydrogens (tertiary/aromatic N) is 1. The van der Waals surface area contributed by atoms with Crippen molar-refractivity contribution < 1.29 is 8.78 Å². The largest absolute Gasteiger partial charge is 0.311 e. The zero-order valence-electron chi connectivity index (χ0n) is 13.0. The first-order valence-corrected chi connectivity index (χ1v) is 8.05. The summed E-state index contributed by atoms with van der Waals surface area (Å²) >= 11 is 0. The fourth-order valence-electron chi connectivity index (χ4n) is 3.15. The Morgan fingerprint density at radius 2 is 1.90 bits per heavy atom. The number of nitrogens with one attached hydrogen (secondary N) is 1. The summed E-state index contributed by atoms with van der Waals surface area (Å²) in [7, 11) is 0. The van der Waals surface area contributed by atoms with Crippen molar-refractivity contribution in [2.24, 2.45) is 0 Å². The third-order valence-electron chi connectivity index (χ3n) is 4.24. The van der Waals surface area contributed by atoms with Crippen LogP contribution in [-0.4, -0.2) is 30.1 Å². The van der Waals surface area contributed by atoms with Crippen LogP contribution in [0.15, 0.2) is 18.2 Å². The molecule has 0 aromatic heterocycles. The Balaban J connectivity index is 2.05. The Bertz CT molecular complexity index is 450. The zero-order chi connectivity index (χ0) is 15.2. The Morgan fingerprint density at radius 3 is 2.57 bits per heavy atom. The lowest BCUT2D eigenvalue weighted by Gasteiger charge is -2.40. The second kappa shape index (κ2) is 7.85. The molecule has 1 aromatic rings. The molecule has 2 atom stereocenters. The second-order valence-corrected chi connectivity index (χ2v) is 6.01. The van der Waals surface area contributed by atoms with Gasteiger partial charge in [0.15, 0.2) is 11.6 Å². The highest BCUT2D eigenvalue weighted by atomic mass is 19.2. The molecule has 0 aliphatic carbocycles. The van der Waals surface area contributed by atoms with E-state index in [9.17, 15) is 8.78 Å². The minimum Gasteiger partial charge on any atom is -0.311 e. The smallest absolute Gasteiger partial charge is 0.159 e. The van der Waals surface area contributed by atoms with Gasteiger partial charge in [-0.15, -0.1) is 0 Å². The number of hydrogen-bond donors (Lipinski definition) is 1. The molecule has 1 N–H and O–H groups in total. The molecule has 1 aliphatic heterocycles. The molecule has 1 heterocycles. The molecule has 0 spiro atoms. The Kier molecular flexibility index (Phi) is 6.12. The van der Waals surface area contributed by atoms with Crippen molar-refractivity contribution in [1.82, 2.24) is 10.2 Å². The van der Waals surface area contributed by atoms with Gasteiger partial charge in [0, 0.05) is 31.7 Å². The molecule has 0 bridgehead atoms. The van der Waals surface area contributed by atoms with E-state index in [4.69, 9.17) is 0 Å². The van der Waals surface area contributed by atoms with Gasteiger partial charge in [-0.2, -0.15) is 0 Å². The van der Waals surface area contributed by atoms with Crippen LogP contribution < -0.4 is 5.32 Å². The molecule has 1 aromatic carbocycles. The van der Waals surface area contributed by atoms with Crippen LogP contribution in [0.25, 0.3) is 0 Å². The van der Waals surface area contributed by atoms with Crippen molar-refractivity contribution in [2.75, 3.05) is 13.1 Å². The summed E-state index contributed by atoms with van der Waals surface area (Å²) in [6.07, 6.45) is 4.59. The van der Waals surface area contributed by atoms with Crippen molar-refractivity contribution in [2.45, 2.75) is 58.2 Å². The van der Waals surface area contributed by atoms with Gasteiger partial charge >= 0.3 is 0 Å². The molecular formula is C17H26F2N2. The number of hydrogen-bond acceptors (Lipinski definition) is 2. The van der Waals surface area contributed by atoms with Crippen LogP contribution in [0, 0.1) is 11.6 Å². The molecule has 4 heteroatoms. The first-order valence-electron chi connectivity index (χ1n) is 8.05. The maximum Gasteiger partial charge on any atom is 0.159 e. The van der Waals surface area contributed by atoms with E-state index < -0.39 is 11.6 Å². The fourth-order valence-corrected chi connectivity index (χ4v) is 3.15. The Hall–Kier alpha value is -1.00. The van der Waals surface area contributed by atoms with E-state index in [-0.39, 0.29) is 0 Å². The second-order valence-electron chi connectivity index (χ2n) is 6.01. The Morgan fingerprint density at radius 1 is 1.14 bits per heavy atom. The minimum absolute atomic E-state index is 0.483. The highest BCUT2D eigenvalue weighted by Crippen LogP contribution is 2.19. The van der Waals surface area contributed by atoms with E-state index in [1.165, 1.54) is 12.1 Å². The van der Waals surface area contributed by atoms with Gasteiger partial charge < -0.3 is 5.32 Å². The molecule has 2 rings (SSSR count). The number of rotatable bonds is 6. The summed E-state index contributed by atoms with van der Waals surface area (Å²) in [5, 5.41) is 3.62. The lowest BCUT2D eigenvalue weighted by atomic mass is 10.0. The lowest BCUT2D eigenvalue weighted by Crippen LogP contribution is -2.55. The van der Waals surface area contributed by atoms with Crippen LogP contribution in [0.5, 0.6) is 0 Å². The monoisotopic (exact) mass is 296 g/mol. The van der Waals surface area contributed by atoms with Crippen LogP contribution in [0.1, 0.15) is 45.1 Å². The highest BCUT2D eigenvalue weighted by Gasteiger charge is 2.26. The van der Waals surface area contributed by atoms with Crippen molar-refractivity contribution >= 4 is 0 Å². The molecule has 2 unspecified atom stereocenters. The molecule has 0 saturated carbocycles. The van der Waals surface area contributed by atoms with Crippen LogP contribution >= 0.6 is 0 Å². The van der Waals surface area contributed by atoms with Gasteiger partial charge in [0.25, 0.3) is 0 Å². The average Bonchev–Trinajstić information content (AvgIpc) is 2.46. The highest BCUT2D eigenvalue weighted by molar-refractivity contribution is 5.18. The number of halogens is 2. The zero-order valence-corrected chi connectivity index (χ0v) is 13.0. The molecule has 118 valence electrons. The van der Waals surface area contributed by atoms with E-state index in [0.717, 1.165) is 44.3 Å². The number of benzene rings is 1. The predicted octanol–water partition coefficient (Wildman–Crippen LogP) is 3.71. The fraction of sp³-hybridized carbons (Fsp3) is 0.647. The van der Waals surface area contributed by atoms with E-state index in [0.29, 0.717) is 18.6 Å². The van der Waals surface area contributed by atoms with Crippen molar-refractivity contribution in [3.63, 3.8) is 0 Å². The van der Waals surface area contributed by atoms with Crippen molar-refractivity contribution in [3.05, 3.63) is 35.4 Å². The quantitative estimate of drug-likeness (QED) is 0.861. The van der Waals surface area contributed by atoms with Gasteiger partial charge in [-0.25, -0.2) is 8.78 Å². The van der Waals surface area contributed by atoms with Crippen molar-refractivity contribution in [3.8, 4) is 0 Å². The summed E-state index contributed by atoms with van der Waals surface area (Å²) in [5.74, 6) is -1.52. The van der Waals surface area contributed by atoms with E-state index in [1.807, 2.05) is 0 Å². The van der Waals surface area contributed by atoms with E-state index in [1.54, 1.807) is 6.07 Å². The van der Waals surface area contributed by atoms with Crippen molar-refractivity contribution in [1.29, 1.82) is 0 Å². The van der Waals surface area contributed by atoms with Gasteiger partial charge in [-0.3, -0.25) is 4.90 Å². The molecule has 1 saturated heterocycles. The predicted molar refractivity (Wildman–Crippen MR) is 82.2 cm³/mol. The maximum absolute atomic E-state index is 13.4. The van der Waals surface area contributed by atoms with Gasteiger partial charge in [0.05, 0.1) is 0 Å². The molecule has 0 radical (unpaired) electrons. The lowest BCUT2D eigenvalue weighted by molar-refractivity contribution is 0.111. The van der Waals surface area contributed by atoms with Gasteiger partial charge in [0.2, 0.25) is 0 Å². The van der Waals surface area contributed by atoms with Gasteiger partial charge in [-0.1, -0.05) is 32.8 Å². The minimum atomic E-state index is -0.770. The topological polar surface area (TPSA) is 15.3 Å². The van der Waals surface area contributed by atoms with Crippen LogP contribution in [0.4, 0.5) is 8.78 Å². The van der Waals surface area contributed by atoms with Crippen LogP contribution in [0.2, 0.25) is 0 Å². The van der Waals surface area contributed by atoms with Gasteiger partial charge in [-0.05, 0) is 30.5 Å². The summed E-state index contributed by atoms with van der Waals surface area (Å²) < 4.78 is 26.4. The first-order chi connectivity index (χ1) is 10.1. The molecular weight excluding hydrogens is 270 g/mol. The standard InChI is InChI=1S/C17H26F2N2/c1-3-5-14-12-21(15(6-4-2)10-20-14)11-13-7-8-16(18)17(19)9-13/h7-9,14-15,20H,3-6,10-12H2,1-2H3. The Labute approximate surface area is 126 Å². The summed E-state index contributed by atoms with van der Waals surface area (Å²) in [4.78, 5) is 2.42. The van der Waals surface area contributed by atoms with Gasteiger partial charge in [0.1, 0.15) is 0 Å². The third-order valence-corrected chi connectivity index (χ3v) is 4.24. The summed E-state index contributed by atoms with van der Waals surface area (Å²) in [5.41, 5.74) is 0.854.